The van der Waals surface area contributed by atoms with E-state index in [4.69, 9.17) is 11.6 Å². The van der Waals surface area contributed by atoms with Gasteiger partial charge in [-0.3, -0.25) is 9.59 Å². The minimum Gasteiger partial charge on any atom is -0.347 e. The second-order valence-electron chi connectivity index (χ2n) is 8.73. The zero-order valence-corrected chi connectivity index (χ0v) is 18.5. The SMILES string of the molecule is O=C1[C@H]2CC=CC[C@@H]2C(=O)N1c1nc2n(n1)[C@H](c1ccccc1Cl)C[C@H](c1ccccc1)N2. The highest BCUT2D eigenvalue weighted by Gasteiger charge is 2.50. The van der Waals surface area contributed by atoms with Gasteiger partial charge in [0.25, 0.3) is 5.95 Å². The highest BCUT2D eigenvalue weighted by atomic mass is 35.5. The van der Waals surface area contributed by atoms with Crippen molar-refractivity contribution in [1.29, 1.82) is 0 Å². The minimum atomic E-state index is -0.326. The van der Waals surface area contributed by atoms with Gasteiger partial charge < -0.3 is 5.32 Å². The van der Waals surface area contributed by atoms with E-state index in [1.807, 2.05) is 54.6 Å². The van der Waals surface area contributed by atoms with Crippen molar-refractivity contribution < 1.29 is 9.59 Å². The highest BCUT2D eigenvalue weighted by molar-refractivity contribution is 6.31. The van der Waals surface area contributed by atoms with Gasteiger partial charge >= 0.3 is 0 Å². The average molecular weight is 460 g/mol. The summed E-state index contributed by atoms with van der Waals surface area (Å²) in [6, 6.07) is 17.6. The number of benzene rings is 2. The van der Waals surface area contributed by atoms with Gasteiger partial charge in [-0.05, 0) is 36.5 Å². The number of fused-ring (bicyclic) bond motifs is 2. The fraction of sp³-hybridized carbons (Fsp3) is 0.280. The molecule has 0 unspecified atom stereocenters. The van der Waals surface area contributed by atoms with Crippen LogP contribution in [0.4, 0.5) is 11.9 Å². The van der Waals surface area contributed by atoms with Crippen molar-refractivity contribution in [2.75, 3.05) is 10.2 Å². The Kier molecular flexibility index (Phi) is 4.80. The lowest BCUT2D eigenvalue weighted by Gasteiger charge is -2.32. The van der Waals surface area contributed by atoms with Crippen LogP contribution in [0.2, 0.25) is 5.02 Å². The zero-order chi connectivity index (χ0) is 22.5. The molecule has 2 aromatic carbocycles. The van der Waals surface area contributed by atoms with Crippen LogP contribution in [0.3, 0.4) is 0 Å². The Morgan fingerprint density at radius 1 is 0.909 bits per heavy atom. The van der Waals surface area contributed by atoms with E-state index in [1.165, 1.54) is 4.90 Å². The number of hydrogen-bond acceptors (Lipinski definition) is 5. The standard InChI is InChI=1S/C25H22ClN5O2/c26-19-13-7-6-12-18(19)21-14-20(15-8-2-1-3-9-15)27-24-28-25(29-31(21)24)30-22(32)16-10-4-5-11-17(16)23(30)33/h1-9,12-13,16-17,20-21H,10-11,14H2,(H,27,28,29)/t16-,17-,20+,21-/m0/s1. The number of allylic oxidation sites excluding steroid dienone is 2. The number of rotatable bonds is 3. The van der Waals surface area contributed by atoms with E-state index in [-0.39, 0.29) is 41.7 Å². The Balaban J connectivity index is 1.42. The Bertz CT molecular complexity index is 1240. The summed E-state index contributed by atoms with van der Waals surface area (Å²) in [5.74, 6) is -0.437. The number of carbonyl (C=O) groups excluding carboxylic acids is 2. The molecule has 7 nitrogen and oxygen atoms in total. The summed E-state index contributed by atoms with van der Waals surface area (Å²) in [6.07, 6.45) is 5.80. The third-order valence-electron chi connectivity index (χ3n) is 6.85. The topological polar surface area (TPSA) is 80.1 Å². The van der Waals surface area contributed by atoms with Crippen LogP contribution >= 0.6 is 11.6 Å². The van der Waals surface area contributed by atoms with Gasteiger partial charge in [-0.2, -0.15) is 4.98 Å². The van der Waals surface area contributed by atoms with Crippen LogP contribution in [0.15, 0.2) is 66.7 Å². The average Bonchev–Trinajstić information content (AvgIpc) is 3.38. The maximum absolute atomic E-state index is 13.1. The molecule has 2 amide bonds. The number of imide groups is 1. The molecule has 1 aromatic heterocycles. The van der Waals surface area contributed by atoms with E-state index < -0.39 is 0 Å². The molecule has 1 aliphatic carbocycles. The summed E-state index contributed by atoms with van der Waals surface area (Å²) >= 11 is 6.57. The molecule has 2 aliphatic heterocycles. The molecule has 3 aromatic rings. The Morgan fingerprint density at radius 3 is 2.27 bits per heavy atom. The predicted molar refractivity (Wildman–Crippen MR) is 125 cm³/mol. The molecule has 6 rings (SSSR count). The fourth-order valence-corrected chi connectivity index (χ4v) is 5.43. The molecule has 0 spiro atoms. The smallest absolute Gasteiger partial charge is 0.260 e. The fourth-order valence-electron chi connectivity index (χ4n) is 5.17. The van der Waals surface area contributed by atoms with Crippen molar-refractivity contribution in [3.05, 3.63) is 82.9 Å². The van der Waals surface area contributed by atoms with Crippen LogP contribution in [-0.2, 0) is 9.59 Å². The van der Waals surface area contributed by atoms with Crippen LogP contribution in [0.1, 0.15) is 42.5 Å². The van der Waals surface area contributed by atoms with Gasteiger partial charge in [-0.1, -0.05) is 72.3 Å². The molecule has 1 N–H and O–H groups in total. The van der Waals surface area contributed by atoms with E-state index in [0.29, 0.717) is 30.2 Å². The molecule has 8 heteroatoms. The molecule has 0 saturated carbocycles. The second-order valence-corrected chi connectivity index (χ2v) is 9.14. The van der Waals surface area contributed by atoms with Crippen molar-refractivity contribution in [2.45, 2.75) is 31.3 Å². The lowest BCUT2D eigenvalue weighted by atomic mass is 9.85. The number of aromatic nitrogens is 3. The highest BCUT2D eigenvalue weighted by Crippen LogP contribution is 2.42. The normalized spacial score (nSPS) is 26.2. The first-order valence-electron chi connectivity index (χ1n) is 11.2. The molecule has 0 radical (unpaired) electrons. The van der Waals surface area contributed by atoms with Gasteiger partial charge in [0, 0.05) is 5.02 Å². The maximum atomic E-state index is 13.1. The largest absolute Gasteiger partial charge is 0.347 e. The summed E-state index contributed by atoms with van der Waals surface area (Å²) in [7, 11) is 0. The summed E-state index contributed by atoms with van der Waals surface area (Å²) in [5, 5.41) is 8.76. The van der Waals surface area contributed by atoms with Gasteiger partial charge in [0.05, 0.1) is 23.9 Å². The molecule has 1 saturated heterocycles. The Hall–Kier alpha value is -3.45. The second kappa shape index (κ2) is 7.85. The van der Waals surface area contributed by atoms with E-state index in [0.717, 1.165) is 11.1 Å². The number of anilines is 2. The molecular formula is C25H22ClN5O2. The summed E-state index contributed by atoms with van der Waals surface area (Å²) in [6.45, 7) is 0. The lowest BCUT2D eigenvalue weighted by molar-refractivity contribution is -0.122. The quantitative estimate of drug-likeness (QED) is 0.459. The summed E-state index contributed by atoms with van der Waals surface area (Å²) < 4.78 is 1.76. The Morgan fingerprint density at radius 2 is 1.58 bits per heavy atom. The van der Waals surface area contributed by atoms with Crippen molar-refractivity contribution in [3.63, 3.8) is 0 Å². The van der Waals surface area contributed by atoms with E-state index in [9.17, 15) is 9.59 Å². The monoisotopic (exact) mass is 459 g/mol. The number of hydrogen-bond donors (Lipinski definition) is 1. The van der Waals surface area contributed by atoms with Gasteiger partial charge in [-0.25, -0.2) is 9.58 Å². The van der Waals surface area contributed by atoms with Crippen molar-refractivity contribution in [3.8, 4) is 0 Å². The van der Waals surface area contributed by atoms with E-state index in [1.54, 1.807) is 4.68 Å². The van der Waals surface area contributed by atoms with Crippen LogP contribution < -0.4 is 10.2 Å². The van der Waals surface area contributed by atoms with Crippen molar-refractivity contribution in [2.24, 2.45) is 11.8 Å². The van der Waals surface area contributed by atoms with Gasteiger partial charge in [-0.15, -0.1) is 5.10 Å². The van der Waals surface area contributed by atoms with Crippen molar-refractivity contribution >= 4 is 35.3 Å². The van der Waals surface area contributed by atoms with Gasteiger partial charge in [0.2, 0.25) is 17.8 Å². The summed E-state index contributed by atoms with van der Waals surface area (Å²) in [5.41, 5.74) is 2.05. The summed E-state index contributed by atoms with van der Waals surface area (Å²) in [4.78, 5) is 32.0. The van der Waals surface area contributed by atoms with Crippen LogP contribution in [0, 0.1) is 11.8 Å². The van der Waals surface area contributed by atoms with E-state index >= 15 is 0 Å². The molecule has 33 heavy (non-hydrogen) atoms. The molecule has 3 heterocycles. The number of nitrogens with one attached hydrogen (secondary N) is 1. The molecule has 1 fully saturated rings. The van der Waals surface area contributed by atoms with Crippen LogP contribution in [0.25, 0.3) is 0 Å². The maximum Gasteiger partial charge on any atom is 0.260 e. The zero-order valence-electron chi connectivity index (χ0n) is 17.8. The van der Waals surface area contributed by atoms with E-state index in [2.05, 4.69) is 27.5 Å². The van der Waals surface area contributed by atoms with Gasteiger partial charge in [0.1, 0.15) is 0 Å². The third-order valence-corrected chi connectivity index (χ3v) is 7.20. The van der Waals surface area contributed by atoms with Gasteiger partial charge in [0.15, 0.2) is 0 Å². The van der Waals surface area contributed by atoms with Crippen LogP contribution in [0.5, 0.6) is 0 Å². The minimum absolute atomic E-state index is 0.0196. The molecule has 0 bridgehead atoms. The predicted octanol–water partition coefficient (Wildman–Crippen LogP) is 4.53. The first-order chi connectivity index (χ1) is 16.1. The first kappa shape index (κ1) is 20.2. The molecule has 166 valence electrons. The number of carbonyl (C=O) groups is 2. The molecule has 4 atom stereocenters. The number of nitrogens with zero attached hydrogens (tertiary/aromatic N) is 4. The first-order valence-corrected chi connectivity index (χ1v) is 11.5. The van der Waals surface area contributed by atoms with Crippen LogP contribution in [-0.4, -0.2) is 26.6 Å². The number of halogens is 1. The number of amides is 2. The van der Waals surface area contributed by atoms with Crippen molar-refractivity contribution in [1.82, 2.24) is 14.8 Å². The third kappa shape index (κ3) is 3.26. The Labute approximate surface area is 196 Å². The molecule has 3 aliphatic rings. The lowest BCUT2D eigenvalue weighted by Crippen LogP contribution is -2.32. The molecular weight excluding hydrogens is 438 g/mol.